The summed E-state index contributed by atoms with van der Waals surface area (Å²) in [5.74, 6) is 0. The van der Waals surface area contributed by atoms with E-state index in [1.54, 1.807) is 0 Å². The summed E-state index contributed by atoms with van der Waals surface area (Å²) in [5, 5.41) is 5.57. The highest BCUT2D eigenvalue weighted by atomic mass is 16.5. The number of pyridine rings is 1. The smallest absolute Gasteiger partial charge is 0.315 e. The van der Waals surface area contributed by atoms with E-state index in [0.29, 0.717) is 19.7 Å². The van der Waals surface area contributed by atoms with Crippen LogP contribution in [0.1, 0.15) is 31.2 Å². The molecular formula is C16H24N4O2. The van der Waals surface area contributed by atoms with Crippen molar-refractivity contribution < 1.29 is 9.53 Å². The molecule has 2 aromatic heterocycles. The highest BCUT2D eigenvalue weighted by Crippen LogP contribution is 2.07. The van der Waals surface area contributed by atoms with Crippen LogP contribution in [0.4, 0.5) is 4.79 Å². The number of hydrogen-bond donors (Lipinski definition) is 2. The molecule has 120 valence electrons. The zero-order chi connectivity index (χ0) is 15.8. The van der Waals surface area contributed by atoms with Gasteiger partial charge >= 0.3 is 6.03 Å². The third-order valence-corrected chi connectivity index (χ3v) is 3.35. The lowest BCUT2D eigenvalue weighted by Gasteiger charge is -2.07. The number of amides is 2. The molecule has 0 bridgehead atoms. The third kappa shape index (κ3) is 4.73. The van der Waals surface area contributed by atoms with Crippen LogP contribution in [0.3, 0.4) is 0 Å². The van der Waals surface area contributed by atoms with Crippen molar-refractivity contribution in [2.75, 3.05) is 19.8 Å². The van der Waals surface area contributed by atoms with Crippen LogP contribution < -0.4 is 10.6 Å². The number of aryl methyl sites for hydroxylation is 1. The predicted octanol–water partition coefficient (Wildman–Crippen LogP) is 2.26. The number of rotatable bonds is 8. The minimum Gasteiger partial charge on any atom is -0.380 e. The molecule has 22 heavy (non-hydrogen) atoms. The van der Waals surface area contributed by atoms with Gasteiger partial charge in [0.1, 0.15) is 5.65 Å². The zero-order valence-corrected chi connectivity index (χ0v) is 13.3. The summed E-state index contributed by atoms with van der Waals surface area (Å²) in [5.41, 5.74) is 2.84. The van der Waals surface area contributed by atoms with Crippen molar-refractivity contribution in [2.24, 2.45) is 0 Å². The van der Waals surface area contributed by atoms with E-state index in [2.05, 4.69) is 22.5 Å². The average molecular weight is 304 g/mol. The summed E-state index contributed by atoms with van der Waals surface area (Å²) < 4.78 is 7.39. The number of fused-ring (bicyclic) bond motifs is 1. The maximum Gasteiger partial charge on any atom is 0.315 e. The number of carbonyl (C=O) groups excluding carboxylic acids is 1. The molecule has 0 spiro atoms. The number of aromatic nitrogens is 2. The van der Waals surface area contributed by atoms with Gasteiger partial charge in [0.05, 0.1) is 18.8 Å². The van der Waals surface area contributed by atoms with Crippen LogP contribution in [0.2, 0.25) is 0 Å². The van der Waals surface area contributed by atoms with Crippen LogP contribution in [0.25, 0.3) is 5.65 Å². The van der Waals surface area contributed by atoms with E-state index >= 15 is 0 Å². The molecule has 0 radical (unpaired) electrons. The number of urea groups is 1. The lowest BCUT2D eigenvalue weighted by molar-refractivity contribution is 0.133. The number of nitrogens with one attached hydrogen (secondary N) is 2. The Morgan fingerprint density at radius 1 is 1.32 bits per heavy atom. The second-order valence-corrected chi connectivity index (χ2v) is 5.20. The van der Waals surface area contributed by atoms with Gasteiger partial charge in [0.2, 0.25) is 0 Å². The van der Waals surface area contributed by atoms with Gasteiger partial charge in [-0.3, -0.25) is 0 Å². The Kier molecular flexibility index (Phi) is 6.21. The monoisotopic (exact) mass is 304 g/mol. The Morgan fingerprint density at radius 2 is 2.18 bits per heavy atom. The molecule has 0 fully saturated rings. The van der Waals surface area contributed by atoms with Crippen LogP contribution in [0.5, 0.6) is 0 Å². The van der Waals surface area contributed by atoms with Crippen LogP contribution in [-0.2, 0) is 11.3 Å². The maximum atomic E-state index is 11.7. The van der Waals surface area contributed by atoms with Gasteiger partial charge in [0.15, 0.2) is 0 Å². The fraction of sp³-hybridized carbons (Fsp3) is 0.500. The topological polar surface area (TPSA) is 67.7 Å². The van der Waals surface area contributed by atoms with E-state index in [1.165, 1.54) is 0 Å². The summed E-state index contributed by atoms with van der Waals surface area (Å²) in [6, 6.07) is 5.74. The van der Waals surface area contributed by atoms with Crippen molar-refractivity contribution in [3.8, 4) is 0 Å². The molecule has 2 aromatic rings. The van der Waals surface area contributed by atoms with Gasteiger partial charge in [-0.15, -0.1) is 0 Å². The first-order chi connectivity index (χ1) is 10.7. The molecule has 2 amide bonds. The minimum absolute atomic E-state index is 0.201. The van der Waals surface area contributed by atoms with E-state index in [0.717, 1.165) is 36.5 Å². The lowest BCUT2D eigenvalue weighted by Crippen LogP contribution is -2.37. The highest BCUT2D eigenvalue weighted by molar-refractivity contribution is 5.73. The van der Waals surface area contributed by atoms with Crippen LogP contribution >= 0.6 is 0 Å². The summed E-state index contributed by atoms with van der Waals surface area (Å²) in [6.07, 6.45) is 4.12. The molecule has 2 heterocycles. The number of imidazole rings is 1. The van der Waals surface area contributed by atoms with E-state index < -0.39 is 0 Å². The summed E-state index contributed by atoms with van der Waals surface area (Å²) >= 11 is 0. The number of nitrogens with zero attached hydrogens (tertiary/aromatic N) is 2. The Hall–Kier alpha value is -2.08. The third-order valence-electron chi connectivity index (χ3n) is 3.35. The molecule has 2 rings (SSSR count). The fourth-order valence-corrected chi connectivity index (χ4v) is 2.10. The highest BCUT2D eigenvalue weighted by Gasteiger charge is 2.05. The molecule has 2 N–H and O–H groups in total. The maximum absolute atomic E-state index is 11.7. The molecule has 0 saturated heterocycles. The molecule has 6 nitrogen and oxygen atoms in total. The van der Waals surface area contributed by atoms with Crippen LogP contribution in [-0.4, -0.2) is 35.2 Å². The Bertz CT molecular complexity index is 609. The molecule has 0 saturated carbocycles. The lowest BCUT2D eigenvalue weighted by atomic mass is 10.4. The van der Waals surface area contributed by atoms with E-state index in [4.69, 9.17) is 4.74 Å². The van der Waals surface area contributed by atoms with Crippen molar-refractivity contribution in [1.82, 2.24) is 20.0 Å². The van der Waals surface area contributed by atoms with Gasteiger partial charge in [-0.2, -0.15) is 0 Å². The Labute approximate surface area is 130 Å². The summed E-state index contributed by atoms with van der Waals surface area (Å²) in [7, 11) is 0. The van der Waals surface area contributed by atoms with Gasteiger partial charge in [0.25, 0.3) is 0 Å². The Balaban J connectivity index is 1.70. The second kappa shape index (κ2) is 8.38. The molecule has 0 unspecified atom stereocenters. The molecule has 6 heteroatoms. The summed E-state index contributed by atoms with van der Waals surface area (Å²) in [4.78, 5) is 16.1. The van der Waals surface area contributed by atoms with Crippen molar-refractivity contribution in [3.63, 3.8) is 0 Å². The van der Waals surface area contributed by atoms with Crippen LogP contribution in [0, 0.1) is 6.92 Å². The van der Waals surface area contributed by atoms with Crippen molar-refractivity contribution in [2.45, 2.75) is 33.2 Å². The molecular weight excluding hydrogens is 280 g/mol. The molecule has 0 aliphatic carbocycles. The number of unbranched alkanes of at least 4 members (excludes halogenated alkanes) is 1. The van der Waals surface area contributed by atoms with Crippen molar-refractivity contribution in [1.29, 1.82) is 0 Å². The molecule has 0 aromatic carbocycles. The first kappa shape index (κ1) is 16.3. The molecule has 0 atom stereocenters. The number of hydrogen-bond acceptors (Lipinski definition) is 3. The predicted molar refractivity (Wildman–Crippen MR) is 85.9 cm³/mol. The largest absolute Gasteiger partial charge is 0.380 e. The molecule has 0 aliphatic rings. The normalized spacial score (nSPS) is 10.8. The summed E-state index contributed by atoms with van der Waals surface area (Å²) in [6.45, 7) is 6.36. The van der Waals surface area contributed by atoms with Gasteiger partial charge < -0.3 is 19.8 Å². The first-order valence-electron chi connectivity index (χ1n) is 7.73. The van der Waals surface area contributed by atoms with Crippen LogP contribution in [0.15, 0.2) is 24.4 Å². The average Bonchev–Trinajstić information content (AvgIpc) is 2.93. The van der Waals surface area contributed by atoms with Gasteiger partial charge in [0, 0.05) is 25.0 Å². The number of ether oxygens (including phenoxy) is 1. The van der Waals surface area contributed by atoms with E-state index in [9.17, 15) is 4.79 Å². The number of carbonyl (C=O) groups is 1. The second-order valence-electron chi connectivity index (χ2n) is 5.20. The minimum atomic E-state index is -0.201. The SMILES string of the molecule is CCCCOCCNC(=O)NCc1cn2c(C)cccc2n1. The van der Waals surface area contributed by atoms with Gasteiger partial charge in [-0.25, -0.2) is 9.78 Å². The standard InChI is InChI=1S/C16H24N4O2/c1-3-4-9-22-10-8-17-16(21)18-11-14-12-20-13(2)6-5-7-15(20)19-14/h5-7,12H,3-4,8-11H2,1-2H3,(H2,17,18,21). The van der Waals surface area contributed by atoms with Crippen molar-refractivity contribution in [3.05, 3.63) is 35.8 Å². The van der Waals surface area contributed by atoms with E-state index in [1.807, 2.05) is 35.7 Å². The quantitative estimate of drug-likeness (QED) is 0.735. The van der Waals surface area contributed by atoms with Gasteiger partial charge in [-0.05, 0) is 25.5 Å². The zero-order valence-electron chi connectivity index (χ0n) is 13.3. The van der Waals surface area contributed by atoms with Gasteiger partial charge in [-0.1, -0.05) is 19.4 Å². The fourth-order valence-electron chi connectivity index (χ4n) is 2.10. The molecule has 0 aliphatic heterocycles. The van der Waals surface area contributed by atoms with Crippen molar-refractivity contribution >= 4 is 11.7 Å². The van der Waals surface area contributed by atoms with E-state index in [-0.39, 0.29) is 6.03 Å². The first-order valence-corrected chi connectivity index (χ1v) is 7.73. The Morgan fingerprint density at radius 3 is 2.95 bits per heavy atom.